The SMILES string of the molecule is CCCNC(=O)Nc1cccc(Cl)c1C(=O)O. The van der Waals surface area contributed by atoms with Crippen LogP contribution >= 0.6 is 11.6 Å². The first-order valence-electron chi connectivity index (χ1n) is 5.13. The highest BCUT2D eigenvalue weighted by Crippen LogP contribution is 2.24. The second-order valence-electron chi connectivity index (χ2n) is 3.35. The molecule has 0 atom stereocenters. The quantitative estimate of drug-likeness (QED) is 0.775. The molecule has 6 heteroatoms. The van der Waals surface area contributed by atoms with Gasteiger partial charge in [0.15, 0.2) is 0 Å². The Labute approximate surface area is 104 Å². The van der Waals surface area contributed by atoms with Crippen LogP contribution in [0.25, 0.3) is 0 Å². The third-order valence-corrected chi connectivity index (χ3v) is 2.33. The second kappa shape index (κ2) is 6.10. The summed E-state index contributed by atoms with van der Waals surface area (Å²) >= 11 is 5.76. The van der Waals surface area contributed by atoms with Crippen molar-refractivity contribution in [3.05, 3.63) is 28.8 Å². The molecule has 92 valence electrons. The molecule has 2 amide bonds. The van der Waals surface area contributed by atoms with Gasteiger partial charge >= 0.3 is 12.0 Å². The van der Waals surface area contributed by atoms with Crippen molar-refractivity contribution in [1.82, 2.24) is 5.32 Å². The summed E-state index contributed by atoms with van der Waals surface area (Å²) in [6.45, 7) is 2.44. The molecule has 0 bridgehead atoms. The second-order valence-corrected chi connectivity index (χ2v) is 3.76. The van der Waals surface area contributed by atoms with Crippen molar-refractivity contribution in [2.45, 2.75) is 13.3 Å². The van der Waals surface area contributed by atoms with E-state index in [-0.39, 0.29) is 16.3 Å². The number of aromatic carboxylic acids is 1. The van der Waals surface area contributed by atoms with Crippen molar-refractivity contribution in [3.63, 3.8) is 0 Å². The number of benzene rings is 1. The number of urea groups is 1. The predicted octanol–water partition coefficient (Wildman–Crippen LogP) is 2.57. The van der Waals surface area contributed by atoms with E-state index in [1.165, 1.54) is 12.1 Å². The van der Waals surface area contributed by atoms with Crippen LogP contribution in [0.2, 0.25) is 5.02 Å². The molecule has 3 N–H and O–H groups in total. The molecule has 0 aliphatic carbocycles. The minimum Gasteiger partial charge on any atom is -0.478 e. The molecule has 1 rings (SSSR count). The number of hydrogen-bond donors (Lipinski definition) is 3. The van der Waals surface area contributed by atoms with Gasteiger partial charge < -0.3 is 15.7 Å². The van der Waals surface area contributed by atoms with Crippen molar-refractivity contribution < 1.29 is 14.7 Å². The minimum absolute atomic E-state index is 0.0887. The van der Waals surface area contributed by atoms with Gasteiger partial charge in [0.2, 0.25) is 0 Å². The fraction of sp³-hybridized carbons (Fsp3) is 0.273. The number of anilines is 1. The fourth-order valence-electron chi connectivity index (χ4n) is 1.25. The van der Waals surface area contributed by atoms with Crippen LogP contribution in [0.3, 0.4) is 0 Å². The number of nitrogens with one attached hydrogen (secondary N) is 2. The molecule has 0 radical (unpaired) electrons. The van der Waals surface area contributed by atoms with Crippen molar-refractivity contribution in [1.29, 1.82) is 0 Å². The van der Waals surface area contributed by atoms with E-state index < -0.39 is 12.0 Å². The summed E-state index contributed by atoms with van der Waals surface area (Å²) in [7, 11) is 0. The summed E-state index contributed by atoms with van der Waals surface area (Å²) in [5.41, 5.74) is 0.0689. The Kier molecular flexibility index (Phi) is 4.78. The Bertz CT molecular complexity index is 435. The lowest BCUT2D eigenvalue weighted by atomic mass is 10.2. The summed E-state index contributed by atoms with van der Waals surface area (Å²) in [6, 6.07) is 4.07. The van der Waals surface area contributed by atoms with E-state index in [0.717, 1.165) is 6.42 Å². The molecule has 0 aromatic heterocycles. The van der Waals surface area contributed by atoms with Crippen LogP contribution in [-0.4, -0.2) is 23.7 Å². The maximum Gasteiger partial charge on any atom is 0.339 e. The topological polar surface area (TPSA) is 78.4 Å². The van der Waals surface area contributed by atoms with Gasteiger partial charge in [-0.05, 0) is 18.6 Å². The molecule has 17 heavy (non-hydrogen) atoms. The fourth-order valence-corrected chi connectivity index (χ4v) is 1.51. The van der Waals surface area contributed by atoms with E-state index in [9.17, 15) is 9.59 Å². The van der Waals surface area contributed by atoms with Crippen molar-refractivity contribution in [3.8, 4) is 0 Å². The monoisotopic (exact) mass is 256 g/mol. The van der Waals surface area contributed by atoms with Gasteiger partial charge in [-0.15, -0.1) is 0 Å². The number of carboxylic acid groups (broad SMARTS) is 1. The number of rotatable bonds is 4. The van der Waals surface area contributed by atoms with Crippen LogP contribution in [0.1, 0.15) is 23.7 Å². The molecule has 0 aliphatic rings. The van der Waals surface area contributed by atoms with Gasteiger partial charge in [-0.2, -0.15) is 0 Å². The van der Waals surface area contributed by atoms with Gasteiger partial charge in [-0.3, -0.25) is 0 Å². The molecule has 5 nitrogen and oxygen atoms in total. The molecule has 0 fully saturated rings. The van der Waals surface area contributed by atoms with Gasteiger partial charge in [0.05, 0.1) is 10.7 Å². The minimum atomic E-state index is -1.18. The maximum atomic E-state index is 11.4. The molecule has 0 heterocycles. The van der Waals surface area contributed by atoms with Crippen molar-refractivity contribution >= 4 is 29.3 Å². The van der Waals surface area contributed by atoms with Crippen LogP contribution in [0.5, 0.6) is 0 Å². The van der Waals surface area contributed by atoms with Crippen LogP contribution in [0, 0.1) is 0 Å². The first-order valence-corrected chi connectivity index (χ1v) is 5.50. The first kappa shape index (κ1) is 13.3. The zero-order chi connectivity index (χ0) is 12.8. The Morgan fingerprint density at radius 2 is 2.12 bits per heavy atom. The van der Waals surface area contributed by atoms with Crippen LogP contribution in [0.4, 0.5) is 10.5 Å². The molecule has 1 aromatic rings. The highest BCUT2D eigenvalue weighted by molar-refractivity contribution is 6.34. The normalized spacial score (nSPS) is 9.76. The third kappa shape index (κ3) is 3.64. The average Bonchev–Trinajstić information content (AvgIpc) is 2.25. The predicted molar refractivity (Wildman–Crippen MR) is 65.7 cm³/mol. The lowest BCUT2D eigenvalue weighted by Crippen LogP contribution is -2.29. The Morgan fingerprint density at radius 3 is 2.71 bits per heavy atom. The summed E-state index contributed by atoms with van der Waals surface area (Å²) < 4.78 is 0. The summed E-state index contributed by atoms with van der Waals surface area (Å²) in [4.78, 5) is 22.4. The number of carboxylic acids is 1. The van der Waals surface area contributed by atoms with E-state index in [1.807, 2.05) is 6.92 Å². The number of hydrogen-bond acceptors (Lipinski definition) is 2. The lowest BCUT2D eigenvalue weighted by molar-refractivity contribution is 0.0698. The number of carbonyl (C=O) groups excluding carboxylic acids is 1. The molecular weight excluding hydrogens is 244 g/mol. The Hall–Kier alpha value is -1.75. The van der Waals surface area contributed by atoms with Gasteiger partial charge in [0, 0.05) is 6.54 Å². The van der Waals surface area contributed by atoms with E-state index in [0.29, 0.717) is 6.54 Å². The average molecular weight is 257 g/mol. The molecule has 0 saturated carbocycles. The number of halogens is 1. The van der Waals surface area contributed by atoms with Gasteiger partial charge in [0.25, 0.3) is 0 Å². The molecular formula is C11H13ClN2O3. The van der Waals surface area contributed by atoms with Crippen LogP contribution in [-0.2, 0) is 0 Å². The number of amides is 2. The van der Waals surface area contributed by atoms with Crippen LogP contribution < -0.4 is 10.6 Å². The molecule has 0 unspecified atom stereocenters. The van der Waals surface area contributed by atoms with Crippen molar-refractivity contribution in [2.24, 2.45) is 0 Å². The first-order chi connectivity index (χ1) is 8.06. The summed E-state index contributed by atoms with van der Waals surface area (Å²) in [6.07, 6.45) is 0.800. The molecule has 1 aromatic carbocycles. The maximum absolute atomic E-state index is 11.4. The highest BCUT2D eigenvalue weighted by Gasteiger charge is 2.15. The van der Waals surface area contributed by atoms with Crippen LogP contribution in [0.15, 0.2) is 18.2 Å². The third-order valence-electron chi connectivity index (χ3n) is 2.01. The highest BCUT2D eigenvalue weighted by atomic mass is 35.5. The van der Waals surface area contributed by atoms with Crippen molar-refractivity contribution in [2.75, 3.05) is 11.9 Å². The van der Waals surface area contributed by atoms with Gasteiger partial charge in [0.1, 0.15) is 5.56 Å². The smallest absolute Gasteiger partial charge is 0.339 e. The van der Waals surface area contributed by atoms with E-state index in [2.05, 4.69) is 10.6 Å². The Morgan fingerprint density at radius 1 is 1.41 bits per heavy atom. The Balaban J connectivity index is 2.87. The molecule has 0 spiro atoms. The standard InChI is InChI=1S/C11H13ClN2O3/c1-2-6-13-11(17)14-8-5-3-4-7(12)9(8)10(15)16/h3-5H,2,6H2,1H3,(H,15,16)(H2,13,14,17). The lowest BCUT2D eigenvalue weighted by Gasteiger charge is -2.10. The van der Waals surface area contributed by atoms with E-state index in [1.54, 1.807) is 6.07 Å². The molecule has 0 aliphatic heterocycles. The molecule has 0 saturated heterocycles. The zero-order valence-electron chi connectivity index (χ0n) is 9.29. The van der Waals surface area contributed by atoms with Gasteiger partial charge in [-0.25, -0.2) is 9.59 Å². The van der Waals surface area contributed by atoms with E-state index in [4.69, 9.17) is 16.7 Å². The summed E-state index contributed by atoms with van der Waals surface area (Å²) in [5.74, 6) is -1.18. The van der Waals surface area contributed by atoms with E-state index >= 15 is 0 Å². The largest absolute Gasteiger partial charge is 0.478 e. The summed E-state index contributed by atoms with van der Waals surface area (Å²) in [5, 5.41) is 14.1. The van der Waals surface area contributed by atoms with Gasteiger partial charge in [-0.1, -0.05) is 24.6 Å². The number of carbonyl (C=O) groups is 2. The zero-order valence-corrected chi connectivity index (χ0v) is 10.0.